The minimum Gasteiger partial charge on any atom is -0.460 e. The molecule has 10 atom stereocenters. The van der Waals surface area contributed by atoms with Crippen molar-refractivity contribution >= 4 is 11.9 Å². The van der Waals surface area contributed by atoms with Gasteiger partial charge in [0.2, 0.25) is 5.91 Å². The molecule has 1 amide bonds. The number of carbonyl (C=O) groups is 2. The van der Waals surface area contributed by atoms with Gasteiger partial charge in [-0.15, -0.1) is 0 Å². The van der Waals surface area contributed by atoms with Crippen LogP contribution in [0.4, 0.5) is 0 Å². The molecule has 4 fully saturated rings. The highest BCUT2D eigenvalue weighted by Crippen LogP contribution is 2.68. The van der Waals surface area contributed by atoms with E-state index in [2.05, 4.69) is 38.5 Å². The van der Waals surface area contributed by atoms with Gasteiger partial charge < -0.3 is 15.4 Å². The second-order valence-electron chi connectivity index (χ2n) is 12.5. The predicted molar refractivity (Wildman–Crippen MR) is 136 cm³/mol. The number of carbonyl (C=O) groups excluding carboxylic acids is 2. The van der Waals surface area contributed by atoms with Crippen molar-refractivity contribution in [3.05, 3.63) is 11.6 Å². The molecule has 0 bridgehead atoms. The summed E-state index contributed by atoms with van der Waals surface area (Å²) >= 11 is 0. The Morgan fingerprint density at radius 1 is 0.941 bits per heavy atom. The molecule has 0 aromatic heterocycles. The van der Waals surface area contributed by atoms with Crippen LogP contribution in [0.15, 0.2) is 11.6 Å². The Hall–Kier alpha value is -1.36. The Bertz CT molecular complexity index is 824. The standard InChI is InChI=1S/C29H48N2O3/c1-8-17(2)27(33)31-25-14-16-29(6)23-13-15-28(5)21(18(3)30-7)11-12-22(28)20(23)9-10-24(29)26(25)34-19(4)32/h8,18,20-26,30H,9-16H2,1-7H3,(H,31,33)/b17-8+/t18?,20-,21+,22-,23-,24?,25-,26+,28+,29+/m0/s1. The smallest absolute Gasteiger partial charge is 0.302 e. The fraction of sp³-hybridized carbons (Fsp3) is 0.862. The number of allylic oxidation sites excluding steroid dienone is 1. The third-order valence-corrected chi connectivity index (χ3v) is 11.3. The molecule has 0 aliphatic heterocycles. The molecule has 4 aliphatic rings. The summed E-state index contributed by atoms with van der Waals surface area (Å²) in [6, 6.07) is 0.480. The topological polar surface area (TPSA) is 67.4 Å². The van der Waals surface area contributed by atoms with Crippen LogP contribution in [0.1, 0.15) is 92.9 Å². The van der Waals surface area contributed by atoms with Crippen molar-refractivity contribution in [2.24, 2.45) is 40.4 Å². The number of hydrogen-bond acceptors (Lipinski definition) is 4. The predicted octanol–water partition coefficient (Wildman–Crippen LogP) is 5.25. The van der Waals surface area contributed by atoms with E-state index in [0.29, 0.717) is 23.3 Å². The van der Waals surface area contributed by atoms with E-state index in [-0.39, 0.29) is 29.4 Å². The van der Waals surface area contributed by atoms with Gasteiger partial charge in [0, 0.05) is 24.5 Å². The second-order valence-corrected chi connectivity index (χ2v) is 12.5. The summed E-state index contributed by atoms with van der Waals surface area (Å²) in [4.78, 5) is 24.9. The van der Waals surface area contributed by atoms with E-state index in [9.17, 15) is 9.59 Å². The Labute approximate surface area is 207 Å². The first-order valence-electron chi connectivity index (χ1n) is 13.8. The summed E-state index contributed by atoms with van der Waals surface area (Å²) in [6.07, 6.45) is 11.3. The molecule has 0 spiro atoms. The van der Waals surface area contributed by atoms with Crippen LogP contribution in [-0.4, -0.2) is 37.1 Å². The van der Waals surface area contributed by atoms with Crippen LogP contribution in [0.2, 0.25) is 0 Å². The summed E-state index contributed by atoms with van der Waals surface area (Å²) in [5.74, 6) is 3.11. The second kappa shape index (κ2) is 9.59. The molecule has 34 heavy (non-hydrogen) atoms. The van der Waals surface area contributed by atoms with Crippen LogP contribution in [-0.2, 0) is 14.3 Å². The molecule has 0 aromatic rings. The lowest BCUT2D eigenvalue weighted by atomic mass is 9.44. The van der Waals surface area contributed by atoms with Gasteiger partial charge in [-0.1, -0.05) is 19.9 Å². The number of amides is 1. The fourth-order valence-corrected chi connectivity index (χ4v) is 9.29. The third-order valence-electron chi connectivity index (χ3n) is 11.3. The maximum absolute atomic E-state index is 12.7. The lowest BCUT2D eigenvalue weighted by Crippen LogP contribution is -2.62. The van der Waals surface area contributed by atoms with Crippen molar-refractivity contribution in [1.82, 2.24) is 10.6 Å². The molecule has 0 heterocycles. The molecule has 5 heteroatoms. The largest absolute Gasteiger partial charge is 0.460 e. The fourth-order valence-electron chi connectivity index (χ4n) is 9.29. The van der Waals surface area contributed by atoms with Gasteiger partial charge in [0.05, 0.1) is 6.04 Å². The Morgan fingerprint density at radius 2 is 1.59 bits per heavy atom. The van der Waals surface area contributed by atoms with Crippen molar-refractivity contribution in [2.45, 2.75) is 111 Å². The van der Waals surface area contributed by atoms with Gasteiger partial charge in [-0.3, -0.25) is 9.59 Å². The van der Waals surface area contributed by atoms with E-state index >= 15 is 0 Å². The quantitative estimate of drug-likeness (QED) is 0.424. The van der Waals surface area contributed by atoms with Crippen molar-refractivity contribution in [2.75, 3.05) is 7.05 Å². The molecule has 4 rings (SSSR count). The van der Waals surface area contributed by atoms with E-state index in [0.717, 1.165) is 42.6 Å². The monoisotopic (exact) mass is 472 g/mol. The minimum atomic E-state index is -0.228. The van der Waals surface area contributed by atoms with Crippen molar-refractivity contribution in [3.63, 3.8) is 0 Å². The number of fused-ring (bicyclic) bond motifs is 5. The highest BCUT2D eigenvalue weighted by atomic mass is 16.5. The average Bonchev–Trinajstić information content (AvgIpc) is 3.16. The van der Waals surface area contributed by atoms with Crippen molar-refractivity contribution in [3.8, 4) is 0 Å². The summed E-state index contributed by atoms with van der Waals surface area (Å²) in [5, 5.41) is 6.78. The van der Waals surface area contributed by atoms with Crippen LogP contribution < -0.4 is 10.6 Å². The first-order chi connectivity index (χ1) is 16.1. The van der Waals surface area contributed by atoms with E-state index < -0.39 is 0 Å². The van der Waals surface area contributed by atoms with E-state index in [1.807, 2.05) is 19.9 Å². The van der Waals surface area contributed by atoms with Gasteiger partial charge in [0.15, 0.2) is 0 Å². The minimum absolute atomic E-state index is 0.0361. The van der Waals surface area contributed by atoms with Gasteiger partial charge in [0.25, 0.3) is 0 Å². The normalized spacial score (nSPS) is 44.9. The Kier molecular flexibility index (Phi) is 7.26. The van der Waals surface area contributed by atoms with Gasteiger partial charge in [-0.2, -0.15) is 0 Å². The van der Waals surface area contributed by atoms with E-state index in [1.165, 1.54) is 39.0 Å². The highest BCUT2D eigenvalue weighted by Gasteiger charge is 2.62. The van der Waals surface area contributed by atoms with Crippen LogP contribution >= 0.6 is 0 Å². The molecule has 0 aromatic carbocycles. The molecule has 2 unspecified atom stereocenters. The maximum atomic E-state index is 12.7. The maximum Gasteiger partial charge on any atom is 0.302 e. The Balaban J connectivity index is 1.58. The molecular formula is C29H48N2O3. The molecule has 4 aliphatic carbocycles. The van der Waals surface area contributed by atoms with Gasteiger partial charge in [-0.25, -0.2) is 0 Å². The van der Waals surface area contributed by atoms with Crippen LogP contribution in [0.5, 0.6) is 0 Å². The van der Waals surface area contributed by atoms with Crippen LogP contribution in [0.3, 0.4) is 0 Å². The zero-order valence-corrected chi connectivity index (χ0v) is 22.6. The molecule has 2 N–H and O–H groups in total. The lowest BCUT2D eigenvalue weighted by Gasteiger charge is -2.62. The average molecular weight is 473 g/mol. The number of ether oxygens (including phenoxy) is 1. The SMILES string of the molecule is C/C=C(\C)C(=O)N[C@H]1CC[C@@]2(C)C(CC[C@H]3[C@@H]4CC[C@H](C(C)NC)[C@@]4(C)CC[C@@H]32)[C@H]1OC(C)=O. The first kappa shape index (κ1) is 25.7. The van der Waals surface area contributed by atoms with E-state index in [4.69, 9.17) is 4.74 Å². The highest BCUT2D eigenvalue weighted by molar-refractivity contribution is 5.92. The summed E-state index contributed by atoms with van der Waals surface area (Å²) in [6.45, 7) is 12.7. The van der Waals surface area contributed by atoms with E-state index in [1.54, 1.807) is 0 Å². The number of rotatable bonds is 5. The molecule has 0 radical (unpaired) electrons. The van der Waals surface area contributed by atoms with Gasteiger partial charge in [-0.05, 0) is 114 Å². The third kappa shape index (κ3) is 4.14. The van der Waals surface area contributed by atoms with Crippen molar-refractivity contribution < 1.29 is 14.3 Å². The summed E-state index contributed by atoms with van der Waals surface area (Å²) < 4.78 is 6.02. The molecule has 0 saturated heterocycles. The number of esters is 1. The molecule has 192 valence electrons. The summed E-state index contributed by atoms with van der Waals surface area (Å²) in [5.41, 5.74) is 1.34. The summed E-state index contributed by atoms with van der Waals surface area (Å²) in [7, 11) is 2.11. The van der Waals surface area contributed by atoms with Crippen LogP contribution in [0, 0.1) is 40.4 Å². The Morgan fingerprint density at radius 3 is 2.24 bits per heavy atom. The van der Waals surface area contributed by atoms with Crippen molar-refractivity contribution in [1.29, 1.82) is 0 Å². The lowest BCUT2D eigenvalue weighted by molar-refractivity contribution is -0.180. The molecule has 4 saturated carbocycles. The molecule has 5 nitrogen and oxygen atoms in total. The first-order valence-corrected chi connectivity index (χ1v) is 13.8. The zero-order chi connectivity index (χ0) is 24.8. The number of hydrogen-bond donors (Lipinski definition) is 2. The number of nitrogens with one attached hydrogen (secondary N) is 2. The molecular weight excluding hydrogens is 424 g/mol. The van der Waals surface area contributed by atoms with Gasteiger partial charge >= 0.3 is 5.97 Å². The van der Waals surface area contributed by atoms with Crippen LogP contribution in [0.25, 0.3) is 0 Å². The zero-order valence-electron chi connectivity index (χ0n) is 22.6. The van der Waals surface area contributed by atoms with Gasteiger partial charge in [0.1, 0.15) is 6.10 Å².